The molecular formula is C16H18ClN5O3. The van der Waals surface area contributed by atoms with Crippen LogP contribution >= 0.6 is 11.6 Å². The van der Waals surface area contributed by atoms with Crippen LogP contribution < -0.4 is 15.1 Å². The fourth-order valence-corrected chi connectivity index (χ4v) is 2.75. The molecule has 25 heavy (non-hydrogen) atoms. The summed E-state index contributed by atoms with van der Waals surface area (Å²) in [5.41, 5.74) is 1.31. The predicted molar refractivity (Wildman–Crippen MR) is 94.8 cm³/mol. The molecule has 132 valence electrons. The maximum absolute atomic E-state index is 12.4. The number of carbonyl (C=O) groups excluding carboxylic acids is 1. The Hall–Kier alpha value is -2.42. The van der Waals surface area contributed by atoms with Gasteiger partial charge in [-0.15, -0.1) is 0 Å². The number of carbonyl (C=O) groups is 1. The molecule has 0 aliphatic carbocycles. The lowest BCUT2D eigenvalue weighted by molar-refractivity contribution is 0.0317. The number of aliphatic hydroxyl groups is 2. The molecule has 0 spiro atoms. The van der Waals surface area contributed by atoms with Crippen LogP contribution in [0.5, 0.6) is 0 Å². The molecule has 3 rings (SSSR count). The van der Waals surface area contributed by atoms with E-state index in [-0.39, 0.29) is 18.5 Å². The lowest BCUT2D eigenvalue weighted by Crippen LogP contribution is -2.42. The second kappa shape index (κ2) is 6.83. The van der Waals surface area contributed by atoms with Crippen molar-refractivity contribution in [2.75, 3.05) is 22.2 Å². The quantitative estimate of drug-likeness (QED) is 0.716. The molecule has 9 heteroatoms. The highest BCUT2D eigenvalue weighted by atomic mass is 35.5. The van der Waals surface area contributed by atoms with Crippen LogP contribution in [0.15, 0.2) is 30.5 Å². The number of hydrogen-bond acceptors (Lipinski definition) is 6. The Kier molecular flexibility index (Phi) is 4.76. The average molecular weight is 364 g/mol. The normalized spacial score (nSPS) is 16.0. The maximum Gasteiger partial charge on any atom is 0.327 e. The summed E-state index contributed by atoms with van der Waals surface area (Å²) in [5.74, 6) is 0.557. The Morgan fingerprint density at radius 2 is 2.08 bits per heavy atom. The van der Waals surface area contributed by atoms with Crippen LogP contribution in [-0.2, 0) is 6.54 Å². The highest BCUT2D eigenvalue weighted by Gasteiger charge is 2.28. The summed E-state index contributed by atoms with van der Waals surface area (Å²) in [6.45, 7) is 1.73. The van der Waals surface area contributed by atoms with Gasteiger partial charge < -0.3 is 15.1 Å². The van der Waals surface area contributed by atoms with Crippen LogP contribution in [0.4, 0.5) is 22.2 Å². The van der Waals surface area contributed by atoms with Crippen molar-refractivity contribution < 1.29 is 15.0 Å². The van der Waals surface area contributed by atoms with E-state index in [2.05, 4.69) is 15.3 Å². The molecule has 1 aliphatic heterocycles. The SMILES string of the molecule is C[C@@H](O)[C@@H](O)N(C)c1ncc2c(n1)NC(=O)N(c1ccccc1Cl)C2. The molecule has 1 aromatic heterocycles. The molecule has 0 bridgehead atoms. The molecule has 2 aromatic rings. The minimum Gasteiger partial charge on any atom is -0.389 e. The molecule has 0 fully saturated rings. The molecular weight excluding hydrogens is 346 g/mol. The van der Waals surface area contributed by atoms with E-state index in [0.717, 1.165) is 0 Å². The fourth-order valence-electron chi connectivity index (χ4n) is 2.51. The number of para-hydroxylation sites is 1. The van der Waals surface area contributed by atoms with Crippen LogP contribution in [0.1, 0.15) is 12.5 Å². The Labute approximate surface area is 149 Å². The Bertz CT molecular complexity index is 801. The molecule has 1 aromatic carbocycles. The number of benzene rings is 1. The molecule has 0 radical (unpaired) electrons. The number of hydrogen-bond donors (Lipinski definition) is 3. The van der Waals surface area contributed by atoms with E-state index in [9.17, 15) is 15.0 Å². The van der Waals surface area contributed by atoms with Crippen LogP contribution in [0.3, 0.4) is 0 Å². The predicted octanol–water partition coefficient (Wildman–Crippen LogP) is 1.82. The summed E-state index contributed by atoms with van der Waals surface area (Å²) in [7, 11) is 1.56. The number of nitrogens with one attached hydrogen (secondary N) is 1. The third kappa shape index (κ3) is 3.37. The van der Waals surface area contributed by atoms with Gasteiger partial charge in [0.1, 0.15) is 5.82 Å². The summed E-state index contributed by atoms with van der Waals surface area (Å²) in [6, 6.07) is 6.71. The van der Waals surface area contributed by atoms with Crippen molar-refractivity contribution in [3.8, 4) is 0 Å². The summed E-state index contributed by atoms with van der Waals surface area (Å²) >= 11 is 6.17. The molecule has 3 N–H and O–H groups in total. The zero-order chi connectivity index (χ0) is 18.1. The van der Waals surface area contributed by atoms with Crippen LogP contribution in [0.2, 0.25) is 5.02 Å². The fraction of sp³-hybridized carbons (Fsp3) is 0.312. The minimum atomic E-state index is -1.16. The monoisotopic (exact) mass is 363 g/mol. The van der Waals surface area contributed by atoms with Crippen LogP contribution in [-0.4, -0.2) is 45.6 Å². The zero-order valence-electron chi connectivity index (χ0n) is 13.7. The Morgan fingerprint density at radius 3 is 2.76 bits per heavy atom. The van der Waals surface area contributed by atoms with Crippen molar-refractivity contribution in [3.05, 3.63) is 41.0 Å². The summed E-state index contributed by atoms with van der Waals surface area (Å²) in [5, 5.41) is 22.6. The van der Waals surface area contributed by atoms with E-state index in [0.29, 0.717) is 22.1 Å². The summed E-state index contributed by atoms with van der Waals surface area (Å²) in [4.78, 5) is 23.7. The largest absolute Gasteiger partial charge is 0.389 e. The van der Waals surface area contributed by atoms with Crippen molar-refractivity contribution in [1.29, 1.82) is 0 Å². The number of likely N-dealkylation sites (N-methyl/N-ethyl adjacent to an activating group) is 1. The van der Waals surface area contributed by atoms with Gasteiger partial charge in [-0.25, -0.2) is 9.78 Å². The first-order chi connectivity index (χ1) is 11.9. The standard InChI is InChI=1S/C16H18ClN5O3/c1-9(23)14(24)21(2)15-18-7-10-8-22(16(25)20-13(10)19-15)12-6-4-3-5-11(12)17/h3-7,9,14,23-24H,8H2,1-2H3,(H,18,19,20,25)/t9-,14-/m1/s1. The number of amides is 2. The maximum atomic E-state index is 12.4. The van der Waals surface area contributed by atoms with E-state index in [1.54, 1.807) is 37.5 Å². The number of fused-ring (bicyclic) bond motifs is 1. The van der Waals surface area contributed by atoms with E-state index < -0.39 is 12.3 Å². The van der Waals surface area contributed by atoms with E-state index in [1.807, 2.05) is 0 Å². The number of urea groups is 1. The van der Waals surface area contributed by atoms with Gasteiger partial charge in [-0.1, -0.05) is 23.7 Å². The van der Waals surface area contributed by atoms with Crippen molar-refractivity contribution in [1.82, 2.24) is 9.97 Å². The van der Waals surface area contributed by atoms with Gasteiger partial charge in [0.25, 0.3) is 0 Å². The number of aromatic nitrogens is 2. The molecule has 0 saturated carbocycles. The third-order valence-corrected chi connectivity index (χ3v) is 4.26. The molecule has 8 nitrogen and oxygen atoms in total. The first kappa shape index (κ1) is 17.4. The summed E-state index contributed by atoms with van der Waals surface area (Å²) in [6.07, 6.45) is -0.557. The van der Waals surface area contributed by atoms with Crippen LogP contribution in [0.25, 0.3) is 0 Å². The van der Waals surface area contributed by atoms with E-state index in [1.165, 1.54) is 16.7 Å². The molecule has 2 amide bonds. The minimum absolute atomic E-state index is 0.193. The van der Waals surface area contributed by atoms with Crippen LogP contribution in [0, 0.1) is 0 Å². The Morgan fingerprint density at radius 1 is 1.36 bits per heavy atom. The van der Waals surface area contributed by atoms with Crippen molar-refractivity contribution in [3.63, 3.8) is 0 Å². The topological polar surface area (TPSA) is 102 Å². The highest BCUT2D eigenvalue weighted by Crippen LogP contribution is 2.31. The lowest BCUT2D eigenvalue weighted by Gasteiger charge is -2.30. The van der Waals surface area contributed by atoms with Crippen molar-refractivity contribution in [2.24, 2.45) is 0 Å². The van der Waals surface area contributed by atoms with Gasteiger partial charge in [-0.05, 0) is 19.1 Å². The van der Waals surface area contributed by atoms with Gasteiger partial charge in [0.05, 0.1) is 23.4 Å². The van der Waals surface area contributed by atoms with Gasteiger partial charge >= 0.3 is 6.03 Å². The van der Waals surface area contributed by atoms with Gasteiger partial charge in [0.15, 0.2) is 6.23 Å². The van der Waals surface area contributed by atoms with E-state index in [4.69, 9.17) is 11.6 Å². The van der Waals surface area contributed by atoms with Gasteiger partial charge in [0, 0.05) is 18.8 Å². The number of rotatable bonds is 4. The number of halogens is 1. The van der Waals surface area contributed by atoms with Gasteiger partial charge in [-0.2, -0.15) is 4.98 Å². The zero-order valence-corrected chi connectivity index (χ0v) is 14.5. The van der Waals surface area contributed by atoms with Gasteiger partial charge in [0.2, 0.25) is 5.95 Å². The Balaban J connectivity index is 1.88. The highest BCUT2D eigenvalue weighted by molar-refractivity contribution is 6.34. The molecule has 2 heterocycles. The molecule has 0 saturated heterocycles. The van der Waals surface area contributed by atoms with Gasteiger partial charge in [-0.3, -0.25) is 10.2 Å². The first-order valence-corrected chi connectivity index (χ1v) is 8.04. The molecule has 1 aliphatic rings. The smallest absolute Gasteiger partial charge is 0.327 e. The number of anilines is 3. The number of aliphatic hydroxyl groups excluding tert-OH is 2. The van der Waals surface area contributed by atoms with Crippen molar-refractivity contribution >= 4 is 35.1 Å². The second-order valence-corrected chi connectivity index (χ2v) is 6.18. The van der Waals surface area contributed by atoms with E-state index >= 15 is 0 Å². The van der Waals surface area contributed by atoms with Crippen molar-refractivity contribution in [2.45, 2.75) is 25.8 Å². The lowest BCUT2D eigenvalue weighted by atomic mass is 10.2. The third-order valence-electron chi connectivity index (χ3n) is 3.94. The average Bonchev–Trinajstić information content (AvgIpc) is 2.60. The summed E-state index contributed by atoms with van der Waals surface area (Å²) < 4.78 is 0. The number of nitrogens with zero attached hydrogens (tertiary/aromatic N) is 4. The first-order valence-electron chi connectivity index (χ1n) is 7.66. The molecule has 2 atom stereocenters. The molecule has 0 unspecified atom stereocenters. The second-order valence-electron chi connectivity index (χ2n) is 5.78.